The summed E-state index contributed by atoms with van der Waals surface area (Å²) in [5.41, 5.74) is 0.892. The van der Waals surface area contributed by atoms with Gasteiger partial charge in [0.25, 0.3) is 0 Å². The first-order valence-electron chi connectivity index (χ1n) is 9.97. The molecule has 2 N–H and O–H groups in total. The highest BCUT2D eigenvalue weighted by Crippen LogP contribution is 2.24. The van der Waals surface area contributed by atoms with Gasteiger partial charge in [-0.2, -0.15) is 4.72 Å². The van der Waals surface area contributed by atoms with E-state index in [-0.39, 0.29) is 23.3 Å². The molecule has 0 bridgehead atoms. The van der Waals surface area contributed by atoms with Crippen LogP contribution in [0.5, 0.6) is 0 Å². The number of nitrogens with one attached hydrogen (secondary N) is 2. The molecule has 0 aliphatic heterocycles. The van der Waals surface area contributed by atoms with Crippen LogP contribution in [0.15, 0.2) is 59.5 Å². The molecule has 3 atom stereocenters. The number of hydrogen-bond acceptors (Lipinski definition) is 3. The molecule has 1 aliphatic carbocycles. The van der Waals surface area contributed by atoms with Crippen LogP contribution in [0, 0.1) is 5.92 Å². The SMILES string of the molecule is C[C@@H]1CCCC[C@H]1NC(=O)[C@H](Cc1ccccc1)NS(=O)(=O)c1ccc(Cl)cc1. The molecule has 7 heteroatoms. The van der Waals surface area contributed by atoms with Gasteiger partial charge in [0.05, 0.1) is 4.90 Å². The van der Waals surface area contributed by atoms with E-state index >= 15 is 0 Å². The van der Waals surface area contributed by atoms with Gasteiger partial charge in [-0.15, -0.1) is 0 Å². The molecule has 1 amide bonds. The summed E-state index contributed by atoms with van der Waals surface area (Å²) in [5, 5.41) is 3.54. The molecule has 0 radical (unpaired) electrons. The third-order valence-electron chi connectivity index (χ3n) is 5.46. The van der Waals surface area contributed by atoms with Gasteiger partial charge in [0.1, 0.15) is 6.04 Å². The van der Waals surface area contributed by atoms with E-state index in [2.05, 4.69) is 17.0 Å². The minimum atomic E-state index is -3.87. The average molecular weight is 435 g/mol. The van der Waals surface area contributed by atoms with Gasteiger partial charge in [-0.05, 0) is 55.0 Å². The van der Waals surface area contributed by atoms with Gasteiger partial charge in [0, 0.05) is 11.1 Å². The lowest BCUT2D eigenvalue weighted by Crippen LogP contribution is -2.52. The van der Waals surface area contributed by atoms with Gasteiger partial charge in [-0.1, -0.05) is 61.7 Å². The van der Waals surface area contributed by atoms with Crippen molar-refractivity contribution in [1.29, 1.82) is 0 Å². The van der Waals surface area contributed by atoms with Gasteiger partial charge in [-0.25, -0.2) is 8.42 Å². The molecule has 2 aromatic rings. The summed E-state index contributed by atoms with van der Waals surface area (Å²) in [5.74, 6) is 0.100. The van der Waals surface area contributed by atoms with Crippen molar-refractivity contribution in [2.75, 3.05) is 0 Å². The van der Waals surface area contributed by atoms with E-state index in [1.165, 1.54) is 30.7 Å². The van der Waals surface area contributed by atoms with Crippen LogP contribution in [-0.4, -0.2) is 26.4 Å². The second-order valence-electron chi connectivity index (χ2n) is 7.69. The van der Waals surface area contributed by atoms with E-state index in [1.807, 2.05) is 30.3 Å². The number of carbonyl (C=O) groups is 1. The van der Waals surface area contributed by atoms with Crippen molar-refractivity contribution in [1.82, 2.24) is 10.0 Å². The standard InChI is InChI=1S/C22H27ClN2O3S/c1-16-7-5-6-10-20(16)24-22(26)21(15-17-8-3-2-4-9-17)25-29(27,28)19-13-11-18(23)12-14-19/h2-4,8-9,11-14,16,20-21,25H,5-7,10,15H2,1H3,(H,24,26)/t16-,20-,21+/m1/s1. The molecule has 1 aliphatic rings. The summed E-state index contributed by atoms with van der Waals surface area (Å²) >= 11 is 5.87. The summed E-state index contributed by atoms with van der Waals surface area (Å²) in [4.78, 5) is 13.1. The van der Waals surface area contributed by atoms with Crippen LogP contribution in [0.2, 0.25) is 5.02 Å². The van der Waals surface area contributed by atoms with E-state index < -0.39 is 16.1 Å². The fraction of sp³-hybridized carbons (Fsp3) is 0.409. The molecule has 0 aromatic heterocycles. The summed E-state index contributed by atoms with van der Waals surface area (Å²) in [6.07, 6.45) is 4.53. The van der Waals surface area contributed by atoms with E-state index in [0.29, 0.717) is 10.9 Å². The van der Waals surface area contributed by atoms with Crippen molar-refractivity contribution in [2.24, 2.45) is 5.92 Å². The smallest absolute Gasteiger partial charge is 0.241 e. The fourth-order valence-corrected chi connectivity index (χ4v) is 5.04. The van der Waals surface area contributed by atoms with Crippen molar-refractivity contribution in [2.45, 2.75) is 56.0 Å². The van der Waals surface area contributed by atoms with Gasteiger partial charge in [0.2, 0.25) is 15.9 Å². The number of rotatable bonds is 7. The molecule has 1 fully saturated rings. The Kier molecular flexibility index (Phi) is 7.33. The number of carbonyl (C=O) groups excluding carboxylic acids is 1. The third kappa shape index (κ3) is 6.04. The molecule has 0 saturated heterocycles. The quantitative estimate of drug-likeness (QED) is 0.693. The van der Waals surface area contributed by atoms with Gasteiger partial charge in [-0.3, -0.25) is 4.79 Å². The lowest BCUT2D eigenvalue weighted by atomic mass is 9.86. The topological polar surface area (TPSA) is 75.3 Å². The summed E-state index contributed by atoms with van der Waals surface area (Å²) in [6, 6.07) is 14.5. The highest BCUT2D eigenvalue weighted by atomic mass is 35.5. The Bertz CT molecular complexity index is 917. The zero-order valence-corrected chi connectivity index (χ0v) is 18.0. The first-order valence-corrected chi connectivity index (χ1v) is 11.8. The lowest BCUT2D eigenvalue weighted by Gasteiger charge is -2.31. The minimum absolute atomic E-state index is 0.0783. The average Bonchev–Trinajstić information content (AvgIpc) is 2.70. The van der Waals surface area contributed by atoms with Crippen LogP contribution in [0.4, 0.5) is 0 Å². The van der Waals surface area contributed by atoms with Crippen molar-refractivity contribution < 1.29 is 13.2 Å². The van der Waals surface area contributed by atoms with Crippen LogP contribution in [0.3, 0.4) is 0 Å². The third-order valence-corrected chi connectivity index (χ3v) is 7.20. The first kappa shape index (κ1) is 21.8. The Hall–Kier alpha value is -1.89. The zero-order valence-electron chi connectivity index (χ0n) is 16.5. The molecule has 5 nitrogen and oxygen atoms in total. The number of benzene rings is 2. The summed E-state index contributed by atoms with van der Waals surface area (Å²) in [7, 11) is -3.87. The number of hydrogen-bond donors (Lipinski definition) is 2. The minimum Gasteiger partial charge on any atom is -0.352 e. The molecule has 0 spiro atoms. The van der Waals surface area contributed by atoms with Gasteiger partial charge in [0.15, 0.2) is 0 Å². The highest BCUT2D eigenvalue weighted by Gasteiger charge is 2.30. The number of amides is 1. The summed E-state index contributed by atoms with van der Waals surface area (Å²) in [6.45, 7) is 2.13. The molecule has 3 rings (SSSR count). The molecule has 2 aromatic carbocycles. The molecular weight excluding hydrogens is 408 g/mol. The van der Waals surface area contributed by atoms with Gasteiger partial charge < -0.3 is 5.32 Å². The van der Waals surface area contributed by atoms with Crippen molar-refractivity contribution in [3.63, 3.8) is 0 Å². The van der Waals surface area contributed by atoms with Crippen LogP contribution in [-0.2, 0) is 21.2 Å². The molecule has 29 heavy (non-hydrogen) atoms. The highest BCUT2D eigenvalue weighted by molar-refractivity contribution is 7.89. The number of halogens is 1. The Morgan fingerprint density at radius 1 is 1.07 bits per heavy atom. The van der Waals surface area contributed by atoms with E-state index in [9.17, 15) is 13.2 Å². The molecular formula is C22H27ClN2O3S. The van der Waals surface area contributed by atoms with E-state index in [1.54, 1.807) is 0 Å². The van der Waals surface area contributed by atoms with E-state index in [0.717, 1.165) is 24.8 Å². The maximum absolute atomic E-state index is 13.1. The van der Waals surface area contributed by atoms with Crippen LogP contribution in [0.25, 0.3) is 0 Å². The van der Waals surface area contributed by atoms with Crippen LogP contribution >= 0.6 is 11.6 Å². The van der Waals surface area contributed by atoms with Crippen molar-refractivity contribution in [3.8, 4) is 0 Å². The predicted octanol–water partition coefficient (Wildman–Crippen LogP) is 3.92. The first-order chi connectivity index (χ1) is 13.8. The second-order valence-corrected chi connectivity index (χ2v) is 9.84. The number of sulfonamides is 1. The van der Waals surface area contributed by atoms with Crippen molar-refractivity contribution >= 4 is 27.5 Å². The maximum Gasteiger partial charge on any atom is 0.241 e. The Morgan fingerprint density at radius 2 is 1.72 bits per heavy atom. The second kappa shape index (κ2) is 9.74. The molecule has 0 heterocycles. The predicted molar refractivity (Wildman–Crippen MR) is 115 cm³/mol. The molecule has 1 saturated carbocycles. The van der Waals surface area contributed by atoms with Crippen LogP contribution in [0.1, 0.15) is 38.2 Å². The Labute approximate surface area is 177 Å². The largest absolute Gasteiger partial charge is 0.352 e. The van der Waals surface area contributed by atoms with Crippen molar-refractivity contribution in [3.05, 3.63) is 65.2 Å². The fourth-order valence-electron chi connectivity index (χ4n) is 3.72. The molecule has 0 unspecified atom stereocenters. The summed E-state index contributed by atoms with van der Waals surface area (Å²) < 4.78 is 28.3. The Balaban J connectivity index is 1.80. The normalized spacial score (nSPS) is 20.8. The van der Waals surface area contributed by atoms with E-state index in [4.69, 9.17) is 11.6 Å². The molecule has 156 valence electrons. The maximum atomic E-state index is 13.1. The zero-order chi connectivity index (χ0) is 20.9. The lowest BCUT2D eigenvalue weighted by molar-refractivity contribution is -0.124. The van der Waals surface area contributed by atoms with Gasteiger partial charge >= 0.3 is 0 Å². The Morgan fingerprint density at radius 3 is 2.38 bits per heavy atom. The van der Waals surface area contributed by atoms with Crippen LogP contribution < -0.4 is 10.0 Å². The monoisotopic (exact) mass is 434 g/mol.